The van der Waals surface area contributed by atoms with Crippen LogP contribution in [-0.4, -0.2) is 45.3 Å². The lowest BCUT2D eigenvalue weighted by atomic mass is 9.93. The number of rotatable bonds is 4. The van der Waals surface area contributed by atoms with Gasteiger partial charge in [-0.3, -0.25) is 0 Å². The quantitative estimate of drug-likeness (QED) is 0.677. The van der Waals surface area contributed by atoms with Crippen LogP contribution in [0.2, 0.25) is 0 Å². The average molecular weight is 355 g/mol. The fourth-order valence-corrected chi connectivity index (χ4v) is 3.38. The van der Waals surface area contributed by atoms with Gasteiger partial charge in [-0.15, -0.1) is 0 Å². The summed E-state index contributed by atoms with van der Waals surface area (Å²) in [6.45, 7) is 14.4. The van der Waals surface area contributed by atoms with Crippen molar-refractivity contribution in [2.75, 3.05) is 19.6 Å². The summed E-state index contributed by atoms with van der Waals surface area (Å²) in [6, 6.07) is 6.15. The van der Waals surface area contributed by atoms with Gasteiger partial charge in [0.05, 0.1) is 12.2 Å². The molecule has 1 aliphatic heterocycles. The Morgan fingerprint density at radius 2 is 2.12 bits per heavy atom. The lowest BCUT2D eigenvalue weighted by Gasteiger charge is -2.23. The van der Waals surface area contributed by atoms with E-state index in [1.54, 1.807) is 0 Å². The monoisotopic (exact) mass is 354 g/mol. The van der Waals surface area contributed by atoms with Crippen molar-refractivity contribution in [3.63, 3.8) is 0 Å². The van der Waals surface area contributed by atoms with Crippen LogP contribution in [0, 0.1) is 19.3 Å². The molecule has 26 heavy (non-hydrogen) atoms. The molecule has 1 saturated heterocycles. The van der Waals surface area contributed by atoms with Crippen molar-refractivity contribution in [3.8, 4) is 5.82 Å². The van der Waals surface area contributed by atoms with Crippen molar-refractivity contribution in [3.05, 3.63) is 41.3 Å². The van der Waals surface area contributed by atoms with Gasteiger partial charge in [-0.25, -0.2) is 14.7 Å². The minimum atomic E-state index is 0.360. The molecule has 0 spiro atoms. The van der Waals surface area contributed by atoms with E-state index >= 15 is 0 Å². The van der Waals surface area contributed by atoms with Gasteiger partial charge in [0.25, 0.3) is 0 Å². The number of likely N-dealkylation sites (tertiary alicyclic amines) is 1. The Morgan fingerprint density at radius 1 is 1.31 bits per heavy atom. The highest BCUT2D eigenvalue weighted by Gasteiger charge is 2.30. The smallest absolute Gasteiger partial charge is 0.194 e. The van der Waals surface area contributed by atoms with Crippen molar-refractivity contribution in [2.45, 2.75) is 47.6 Å². The molecule has 140 valence electrons. The van der Waals surface area contributed by atoms with Gasteiger partial charge in [0, 0.05) is 31.5 Å². The van der Waals surface area contributed by atoms with Gasteiger partial charge in [0.15, 0.2) is 11.8 Å². The number of aromatic nitrogens is 3. The van der Waals surface area contributed by atoms with Crippen molar-refractivity contribution >= 4 is 5.96 Å². The van der Waals surface area contributed by atoms with Gasteiger partial charge in [-0.1, -0.05) is 19.9 Å². The van der Waals surface area contributed by atoms with Crippen LogP contribution in [0.1, 0.15) is 44.1 Å². The zero-order valence-corrected chi connectivity index (χ0v) is 16.6. The highest BCUT2D eigenvalue weighted by molar-refractivity contribution is 5.80. The molecule has 0 aromatic carbocycles. The number of hydrogen-bond donors (Lipinski definition) is 1. The number of aryl methyl sites for hydroxylation is 2. The number of nitrogens with zero attached hydrogens (tertiary/aromatic N) is 5. The van der Waals surface area contributed by atoms with Gasteiger partial charge in [-0.05, 0) is 50.3 Å². The van der Waals surface area contributed by atoms with Crippen LogP contribution in [-0.2, 0) is 6.54 Å². The van der Waals surface area contributed by atoms with Crippen LogP contribution >= 0.6 is 0 Å². The summed E-state index contributed by atoms with van der Waals surface area (Å²) in [5.74, 6) is 1.84. The van der Waals surface area contributed by atoms with E-state index in [-0.39, 0.29) is 0 Å². The Kier molecular flexibility index (Phi) is 5.30. The van der Waals surface area contributed by atoms with Crippen molar-refractivity contribution in [1.82, 2.24) is 25.0 Å². The summed E-state index contributed by atoms with van der Waals surface area (Å²) in [6.07, 6.45) is 3.10. The largest absolute Gasteiger partial charge is 0.357 e. The minimum absolute atomic E-state index is 0.360. The summed E-state index contributed by atoms with van der Waals surface area (Å²) in [7, 11) is 0. The molecular weight excluding hydrogens is 324 g/mol. The Morgan fingerprint density at radius 3 is 2.65 bits per heavy atom. The van der Waals surface area contributed by atoms with Crippen LogP contribution in [0.3, 0.4) is 0 Å². The van der Waals surface area contributed by atoms with E-state index in [9.17, 15) is 0 Å². The first-order valence-corrected chi connectivity index (χ1v) is 9.40. The van der Waals surface area contributed by atoms with Crippen LogP contribution in [0.5, 0.6) is 0 Å². The molecule has 0 amide bonds. The van der Waals surface area contributed by atoms with Gasteiger partial charge in [0.1, 0.15) is 0 Å². The summed E-state index contributed by atoms with van der Waals surface area (Å²) >= 11 is 0. The Hall–Kier alpha value is -2.37. The molecule has 0 saturated carbocycles. The van der Waals surface area contributed by atoms with Crippen molar-refractivity contribution in [2.24, 2.45) is 10.4 Å². The van der Waals surface area contributed by atoms with E-state index in [1.807, 2.05) is 30.8 Å². The van der Waals surface area contributed by atoms with Gasteiger partial charge in [0.2, 0.25) is 0 Å². The predicted octanol–water partition coefficient (Wildman–Crippen LogP) is 3.08. The second kappa shape index (κ2) is 7.48. The van der Waals surface area contributed by atoms with E-state index in [2.05, 4.69) is 53.2 Å². The molecule has 1 N–H and O–H groups in total. The normalized spacial score (nSPS) is 17.0. The standard InChI is InChI=1S/C20H30N6/c1-6-21-19(25-10-9-20(4,5)14-25)23-13-17-7-8-18(22-12-17)26-16(3)11-15(2)24-26/h7-8,11-12H,6,9-10,13-14H2,1-5H3,(H,21,23). The summed E-state index contributed by atoms with van der Waals surface area (Å²) < 4.78 is 1.87. The molecule has 0 atom stereocenters. The maximum atomic E-state index is 4.82. The van der Waals surface area contributed by atoms with Crippen LogP contribution < -0.4 is 5.32 Å². The molecule has 3 heterocycles. The predicted molar refractivity (Wildman–Crippen MR) is 106 cm³/mol. The van der Waals surface area contributed by atoms with E-state index < -0.39 is 0 Å². The third-order valence-electron chi connectivity index (χ3n) is 4.76. The number of aliphatic imine (C=N–C) groups is 1. The van der Waals surface area contributed by atoms with E-state index in [0.717, 1.165) is 48.4 Å². The van der Waals surface area contributed by atoms with Crippen molar-refractivity contribution < 1.29 is 0 Å². The SMILES string of the molecule is CCNC(=NCc1ccc(-n2nc(C)cc2C)nc1)N1CCC(C)(C)C1. The number of guanidine groups is 1. The van der Waals surface area contributed by atoms with Crippen LogP contribution in [0.4, 0.5) is 0 Å². The van der Waals surface area contributed by atoms with Crippen molar-refractivity contribution in [1.29, 1.82) is 0 Å². The lowest BCUT2D eigenvalue weighted by Crippen LogP contribution is -2.40. The third kappa shape index (κ3) is 4.23. The maximum Gasteiger partial charge on any atom is 0.194 e. The molecular formula is C20H30N6. The molecule has 0 bridgehead atoms. The molecule has 0 unspecified atom stereocenters. The first-order valence-electron chi connectivity index (χ1n) is 9.40. The summed E-state index contributed by atoms with van der Waals surface area (Å²) in [5, 5.41) is 7.91. The topological polar surface area (TPSA) is 58.3 Å². The number of pyridine rings is 1. The molecule has 1 fully saturated rings. The van der Waals surface area contributed by atoms with E-state index in [0.29, 0.717) is 12.0 Å². The molecule has 2 aromatic heterocycles. The maximum absolute atomic E-state index is 4.82. The Bertz CT molecular complexity index is 772. The Labute approximate surface area is 156 Å². The Balaban J connectivity index is 1.71. The fraction of sp³-hybridized carbons (Fsp3) is 0.550. The van der Waals surface area contributed by atoms with Crippen LogP contribution in [0.25, 0.3) is 5.82 Å². The van der Waals surface area contributed by atoms with E-state index in [1.165, 1.54) is 6.42 Å². The lowest BCUT2D eigenvalue weighted by molar-refractivity contribution is 0.370. The van der Waals surface area contributed by atoms with E-state index in [4.69, 9.17) is 4.99 Å². The second-order valence-electron chi connectivity index (χ2n) is 7.87. The highest BCUT2D eigenvalue weighted by Crippen LogP contribution is 2.28. The molecule has 1 aliphatic rings. The zero-order valence-electron chi connectivity index (χ0n) is 16.6. The molecule has 0 aliphatic carbocycles. The van der Waals surface area contributed by atoms with Crippen LogP contribution in [0.15, 0.2) is 29.4 Å². The molecule has 6 heteroatoms. The fourth-order valence-electron chi connectivity index (χ4n) is 3.38. The summed E-state index contributed by atoms with van der Waals surface area (Å²) in [5.41, 5.74) is 3.55. The average Bonchev–Trinajstić information content (AvgIpc) is 3.13. The van der Waals surface area contributed by atoms with Gasteiger partial charge >= 0.3 is 0 Å². The number of hydrogen-bond acceptors (Lipinski definition) is 3. The van der Waals surface area contributed by atoms with Gasteiger partial charge < -0.3 is 10.2 Å². The number of nitrogens with one attached hydrogen (secondary N) is 1. The second-order valence-corrected chi connectivity index (χ2v) is 7.87. The van der Waals surface area contributed by atoms with Gasteiger partial charge in [-0.2, -0.15) is 5.10 Å². The first-order chi connectivity index (χ1) is 12.4. The summed E-state index contributed by atoms with van der Waals surface area (Å²) in [4.78, 5) is 11.8. The first kappa shape index (κ1) is 18.4. The molecule has 3 rings (SSSR count). The molecule has 0 radical (unpaired) electrons. The highest BCUT2D eigenvalue weighted by atomic mass is 15.3. The third-order valence-corrected chi connectivity index (χ3v) is 4.76. The molecule has 2 aromatic rings. The molecule has 6 nitrogen and oxygen atoms in total. The zero-order chi connectivity index (χ0) is 18.7. The minimum Gasteiger partial charge on any atom is -0.357 e.